The number of quaternary nitrogens is 1. The van der Waals surface area contributed by atoms with Crippen molar-refractivity contribution in [1.82, 2.24) is 5.16 Å². The van der Waals surface area contributed by atoms with Gasteiger partial charge in [0, 0.05) is 31.2 Å². The van der Waals surface area contributed by atoms with Gasteiger partial charge < -0.3 is 18.8 Å². The standard InChI is InChI=1S/C25H35N2O4/c1-27(16-7-12-22-15-19-30-26-22)17-13-23(14-18-27)31-24(28)25(29,21-10-5-6-11-21)20-8-3-2-4-9-20/h2-4,8-9,15,19,21,23,29H,5-7,10-14,16-18H2,1H3/q+1. The van der Waals surface area contributed by atoms with Crippen LogP contribution in [0.5, 0.6) is 0 Å². The summed E-state index contributed by atoms with van der Waals surface area (Å²) >= 11 is 0. The molecule has 6 heteroatoms. The van der Waals surface area contributed by atoms with Crippen LogP contribution in [0.4, 0.5) is 0 Å². The van der Waals surface area contributed by atoms with E-state index < -0.39 is 11.6 Å². The third-order valence-corrected chi connectivity index (χ3v) is 7.35. The Balaban J connectivity index is 1.33. The van der Waals surface area contributed by atoms with E-state index in [-0.39, 0.29) is 12.0 Å². The normalized spacial score (nSPS) is 26.5. The van der Waals surface area contributed by atoms with Gasteiger partial charge in [0.25, 0.3) is 0 Å². The average Bonchev–Trinajstić information content (AvgIpc) is 3.50. The lowest BCUT2D eigenvalue weighted by molar-refractivity contribution is -0.915. The summed E-state index contributed by atoms with van der Waals surface area (Å²) in [4.78, 5) is 13.3. The van der Waals surface area contributed by atoms with E-state index in [9.17, 15) is 9.90 Å². The first-order chi connectivity index (χ1) is 15.0. The number of aryl methyl sites for hydroxylation is 1. The summed E-state index contributed by atoms with van der Waals surface area (Å²) in [5, 5.41) is 15.6. The molecule has 0 bridgehead atoms. The molecule has 4 rings (SSSR count). The number of hydrogen-bond acceptors (Lipinski definition) is 5. The van der Waals surface area contributed by atoms with Gasteiger partial charge in [0.2, 0.25) is 0 Å². The van der Waals surface area contributed by atoms with Crippen molar-refractivity contribution < 1.29 is 23.6 Å². The van der Waals surface area contributed by atoms with Crippen LogP contribution in [0, 0.1) is 5.92 Å². The smallest absolute Gasteiger partial charge is 0.343 e. The van der Waals surface area contributed by atoms with Crippen LogP contribution >= 0.6 is 0 Å². The molecule has 2 fully saturated rings. The van der Waals surface area contributed by atoms with Gasteiger partial charge in [-0.05, 0) is 24.8 Å². The molecule has 1 unspecified atom stereocenters. The maximum absolute atomic E-state index is 13.3. The summed E-state index contributed by atoms with van der Waals surface area (Å²) in [5.74, 6) is -0.527. The van der Waals surface area contributed by atoms with E-state index in [1.165, 1.54) is 0 Å². The molecular formula is C25H35N2O4+. The maximum atomic E-state index is 13.3. The Hall–Kier alpha value is -2.18. The SMILES string of the molecule is C[N+]1(CCCc2ccon2)CCC(OC(=O)C(O)(c2ccccc2)C2CCCC2)CC1. The number of esters is 1. The Bertz CT molecular complexity index is 824. The quantitative estimate of drug-likeness (QED) is 0.512. The van der Waals surface area contributed by atoms with Gasteiger partial charge in [-0.2, -0.15) is 0 Å². The van der Waals surface area contributed by atoms with Crippen molar-refractivity contribution in [3.8, 4) is 0 Å². The van der Waals surface area contributed by atoms with Crippen LogP contribution in [-0.4, -0.2) is 53.5 Å². The van der Waals surface area contributed by atoms with E-state index in [4.69, 9.17) is 9.26 Å². The predicted octanol–water partition coefficient (Wildman–Crippen LogP) is 3.84. The van der Waals surface area contributed by atoms with Crippen molar-refractivity contribution in [2.45, 2.75) is 63.1 Å². The van der Waals surface area contributed by atoms with E-state index in [0.29, 0.717) is 5.56 Å². The molecule has 2 aromatic rings. The number of carbonyl (C=O) groups excluding carboxylic acids is 1. The molecule has 1 saturated heterocycles. The molecule has 1 N–H and O–H groups in total. The van der Waals surface area contributed by atoms with Gasteiger partial charge in [-0.1, -0.05) is 48.3 Å². The first kappa shape index (κ1) is 22.0. The molecule has 2 aliphatic rings. The molecule has 1 atom stereocenters. The van der Waals surface area contributed by atoms with Crippen LogP contribution in [0.3, 0.4) is 0 Å². The number of likely N-dealkylation sites (tertiary alicyclic amines) is 1. The van der Waals surface area contributed by atoms with Crippen molar-refractivity contribution in [1.29, 1.82) is 0 Å². The molecular weight excluding hydrogens is 392 g/mol. The number of hydrogen-bond donors (Lipinski definition) is 1. The van der Waals surface area contributed by atoms with Gasteiger partial charge in [-0.25, -0.2) is 4.79 Å². The zero-order chi connectivity index (χ0) is 21.7. The minimum Gasteiger partial charge on any atom is -0.460 e. The number of benzene rings is 1. The number of ether oxygens (including phenoxy) is 1. The first-order valence-electron chi connectivity index (χ1n) is 11.7. The highest BCUT2D eigenvalue weighted by Crippen LogP contribution is 2.42. The number of aliphatic hydroxyl groups is 1. The zero-order valence-electron chi connectivity index (χ0n) is 18.5. The molecule has 0 amide bonds. The Morgan fingerprint density at radius 3 is 2.52 bits per heavy atom. The van der Waals surface area contributed by atoms with E-state index in [1.807, 2.05) is 36.4 Å². The highest BCUT2D eigenvalue weighted by molar-refractivity contribution is 5.81. The van der Waals surface area contributed by atoms with Gasteiger partial charge in [0.05, 0.1) is 32.4 Å². The van der Waals surface area contributed by atoms with E-state index >= 15 is 0 Å². The fraction of sp³-hybridized carbons (Fsp3) is 0.600. The van der Waals surface area contributed by atoms with Crippen LogP contribution in [-0.2, 0) is 21.6 Å². The molecule has 1 aliphatic carbocycles. The Morgan fingerprint density at radius 1 is 1.16 bits per heavy atom. The fourth-order valence-electron chi connectivity index (χ4n) is 5.31. The summed E-state index contributed by atoms with van der Waals surface area (Å²) in [6.07, 6.45) is 9.00. The monoisotopic (exact) mass is 427 g/mol. The largest absolute Gasteiger partial charge is 0.460 e. The van der Waals surface area contributed by atoms with Crippen LogP contribution < -0.4 is 0 Å². The van der Waals surface area contributed by atoms with Gasteiger partial charge >= 0.3 is 5.97 Å². The second-order valence-corrected chi connectivity index (χ2v) is 9.60. The lowest BCUT2D eigenvalue weighted by Gasteiger charge is -2.41. The van der Waals surface area contributed by atoms with Gasteiger partial charge in [0.1, 0.15) is 12.4 Å². The molecule has 6 nitrogen and oxygen atoms in total. The second kappa shape index (κ2) is 9.53. The number of aromatic nitrogens is 1. The van der Waals surface area contributed by atoms with Crippen LogP contribution in [0.25, 0.3) is 0 Å². The van der Waals surface area contributed by atoms with Gasteiger partial charge in [-0.3, -0.25) is 0 Å². The number of rotatable bonds is 8. The number of nitrogens with zero attached hydrogens (tertiary/aromatic N) is 2. The maximum Gasteiger partial charge on any atom is 0.343 e. The highest BCUT2D eigenvalue weighted by atomic mass is 16.6. The zero-order valence-corrected chi connectivity index (χ0v) is 18.5. The fourth-order valence-corrected chi connectivity index (χ4v) is 5.31. The van der Waals surface area contributed by atoms with Crippen molar-refractivity contribution >= 4 is 5.97 Å². The minimum absolute atomic E-state index is 0.0661. The van der Waals surface area contributed by atoms with Crippen molar-refractivity contribution in [3.05, 3.63) is 53.9 Å². The molecule has 1 aliphatic heterocycles. The summed E-state index contributed by atoms with van der Waals surface area (Å²) in [7, 11) is 2.28. The van der Waals surface area contributed by atoms with Crippen LogP contribution in [0.1, 0.15) is 56.2 Å². The first-order valence-corrected chi connectivity index (χ1v) is 11.7. The molecule has 168 valence electrons. The second-order valence-electron chi connectivity index (χ2n) is 9.60. The van der Waals surface area contributed by atoms with Crippen molar-refractivity contribution in [2.24, 2.45) is 5.92 Å². The van der Waals surface area contributed by atoms with Gasteiger partial charge in [0.15, 0.2) is 5.60 Å². The molecule has 0 spiro atoms. The van der Waals surface area contributed by atoms with E-state index in [1.54, 1.807) is 6.26 Å². The molecule has 1 aromatic carbocycles. The molecule has 31 heavy (non-hydrogen) atoms. The highest BCUT2D eigenvalue weighted by Gasteiger charge is 2.49. The summed E-state index contributed by atoms with van der Waals surface area (Å²) in [6.45, 7) is 3.03. The average molecular weight is 428 g/mol. The Labute approximate surface area is 184 Å². The number of carbonyl (C=O) groups is 1. The summed E-state index contributed by atoms with van der Waals surface area (Å²) in [5.41, 5.74) is 0.129. The van der Waals surface area contributed by atoms with Crippen LogP contribution in [0.2, 0.25) is 0 Å². The summed E-state index contributed by atoms with van der Waals surface area (Å²) in [6, 6.07) is 11.3. The lowest BCUT2D eigenvalue weighted by atomic mass is 9.80. The topological polar surface area (TPSA) is 72.6 Å². The predicted molar refractivity (Wildman–Crippen MR) is 117 cm³/mol. The minimum atomic E-state index is -1.54. The van der Waals surface area contributed by atoms with E-state index in [0.717, 1.165) is 81.2 Å². The molecule has 1 aromatic heterocycles. The van der Waals surface area contributed by atoms with Crippen molar-refractivity contribution in [3.63, 3.8) is 0 Å². The van der Waals surface area contributed by atoms with Crippen LogP contribution in [0.15, 0.2) is 47.2 Å². The molecule has 1 saturated carbocycles. The lowest BCUT2D eigenvalue weighted by Crippen LogP contribution is -2.53. The summed E-state index contributed by atoms with van der Waals surface area (Å²) < 4.78 is 11.8. The molecule has 2 heterocycles. The Morgan fingerprint density at radius 2 is 1.87 bits per heavy atom. The third-order valence-electron chi connectivity index (χ3n) is 7.35. The van der Waals surface area contributed by atoms with E-state index in [2.05, 4.69) is 12.2 Å². The molecule has 0 radical (unpaired) electrons. The van der Waals surface area contributed by atoms with Gasteiger partial charge in [-0.15, -0.1) is 0 Å². The van der Waals surface area contributed by atoms with Crippen molar-refractivity contribution in [2.75, 3.05) is 26.7 Å². The Kier molecular flexibility index (Phi) is 6.77. The number of piperidine rings is 1. The third kappa shape index (κ3) is 5.01.